The van der Waals surface area contributed by atoms with Crippen molar-refractivity contribution in [2.75, 3.05) is 0 Å². The number of hydrogen-bond acceptors (Lipinski definition) is 0. The molecule has 0 radical (unpaired) electrons. The molecule has 0 aromatic carbocycles. The molecule has 0 rings (SSSR count). The van der Waals surface area contributed by atoms with Crippen molar-refractivity contribution in [2.24, 2.45) is 0 Å². The van der Waals surface area contributed by atoms with E-state index in [1.807, 2.05) is 0 Å². The van der Waals surface area contributed by atoms with Crippen LogP contribution in [0.25, 0.3) is 0 Å². The highest BCUT2D eigenvalue weighted by atomic mass is 29.1. The average Bonchev–Trinajstić information content (AvgIpc) is 1.37. The Kier molecular flexibility index (Phi) is 3.81. The van der Waals surface area contributed by atoms with E-state index in [9.17, 15) is 0 Å². The van der Waals surface area contributed by atoms with Gasteiger partial charge in [0.05, 0.1) is 0 Å². The summed E-state index contributed by atoms with van der Waals surface area (Å²) in [5, 5.41) is 0. The predicted octanol–water partition coefficient (Wildman–Crippen LogP) is -0.665. The van der Waals surface area contributed by atoms with E-state index in [0.717, 1.165) is 0 Å². The molecule has 0 unspecified atom stereocenters. The van der Waals surface area contributed by atoms with Crippen molar-refractivity contribution in [3.8, 4) is 0 Å². The highest BCUT2D eigenvalue weighted by Crippen LogP contribution is 1.44. The van der Waals surface area contributed by atoms with Crippen LogP contribution in [0.4, 0.5) is 0 Å². The summed E-state index contributed by atoms with van der Waals surface area (Å²) in [4.78, 5) is 0. The Morgan fingerprint density at radius 1 is 1.00 bits per heavy atom. The van der Waals surface area contributed by atoms with Crippen molar-refractivity contribution in [3.63, 3.8) is 0 Å². The highest BCUT2D eigenvalue weighted by Gasteiger charge is 1.60. The fraction of sp³-hybridized carbons (Fsp3) is 1.00. The summed E-state index contributed by atoms with van der Waals surface area (Å²) in [6.45, 7) is 4.76. The first-order chi connectivity index (χ1) is 1.91. The monoisotopic (exact) mass is 90.0 g/mol. The molecular formula is C2H10Si2. The van der Waals surface area contributed by atoms with Gasteiger partial charge in [0.15, 0.2) is 0 Å². The molecule has 0 heterocycles. The first kappa shape index (κ1) is 4.43. The maximum Gasteiger partial charge on any atom is 0.00452 e. The van der Waals surface area contributed by atoms with Crippen LogP contribution in [0.2, 0.25) is 13.1 Å². The molecule has 2 heteroatoms. The standard InChI is InChI=1S/C2H10Si2/c1-3-4-2/h3-4H2,1-2H3. The second kappa shape index (κ2) is 3.43. The van der Waals surface area contributed by atoms with Crippen LogP contribution in [-0.4, -0.2) is 18.1 Å². The first-order valence-electron chi connectivity index (χ1n) is 1.91. The third kappa shape index (κ3) is 2.43. The minimum atomic E-state index is 0.563. The van der Waals surface area contributed by atoms with Gasteiger partial charge in [0, 0.05) is 18.1 Å². The molecule has 0 aliphatic rings. The van der Waals surface area contributed by atoms with Gasteiger partial charge in [-0.1, -0.05) is 13.1 Å². The van der Waals surface area contributed by atoms with E-state index in [1.54, 1.807) is 0 Å². The minimum Gasteiger partial charge on any atom is -0.0771 e. The molecule has 0 aliphatic heterocycles. The maximum absolute atomic E-state index is 2.38. The maximum atomic E-state index is 2.38. The lowest BCUT2D eigenvalue weighted by Gasteiger charge is -1.64. The van der Waals surface area contributed by atoms with Gasteiger partial charge in [0.2, 0.25) is 0 Å². The minimum absolute atomic E-state index is 0.563. The lowest BCUT2D eigenvalue weighted by Crippen LogP contribution is -1.86. The van der Waals surface area contributed by atoms with Gasteiger partial charge in [-0.05, 0) is 0 Å². The summed E-state index contributed by atoms with van der Waals surface area (Å²) in [6.07, 6.45) is 0. The Labute approximate surface area is 32.0 Å². The highest BCUT2D eigenvalue weighted by molar-refractivity contribution is 6.99. The van der Waals surface area contributed by atoms with Crippen LogP contribution < -0.4 is 0 Å². The smallest absolute Gasteiger partial charge is 0.00452 e. The van der Waals surface area contributed by atoms with E-state index in [1.165, 1.54) is 0 Å². The average molecular weight is 90.3 g/mol. The van der Waals surface area contributed by atoms with Crippen molar-refractivity contribution in [1.82, 2.24) is 0 Å². The summed E-state index contributed by atoms with van der Waals surface area (Å²) < 4.78 is 0. The van der Waals surface area contributed by atoms with Crippen LogP contribution in [0.3, 0.4) is 0 Å². The summed E-state index contributed by atoms with van der Waals surface area (Å²) in [5.41, 5.74) is 0. The van der Waals surface area contributed by atoms with E-state index in [4.69, 9.17) is 0 Å². The zero-order chi connectivity index (χ0) is 3.41. The molecule has 4 heavy (non-hydrogen) atoms. The Morgan fingerprint density at radius 3 is 1.25 bits per heavy atom. The van der Waals surface area contributed by atoms with E-state index in [2.05, 4.69) is 13.1 Å². The third-order valence-electron chi connectivity index (χ3n) is 0.500. The van der Waals surface area contributed by atoms with Crippen LogP contribution in [0.15, 0.2) is 0 Å². The molecule has 0 atom stereocenters. The number of rotatable bonds is 1. The zero-order valence-electron chi connectivity index (χ0n) is 3.41. The quantitative estimate of drug-likeness (QED) is 0.375. The Hall–Kier alpha value is 0.434. The second-order valence-corrected chi connectivity index (χ2v) is 9.00. The largest absolute Gasteiger partial charge is 0.0771 e. The Morgan fingerprint density at radius 2 is 1.25 bits per heavy atom. The molecular weight excluding hydrogens is 80.2 g/mol. The second-order valence-electron chi connectivity index (χ2n) is 1.000. The van der Waals surface area contributed by atoms with Gasteiger partial charge in [0.25, 0.3) is 0 Å². The van der Waals surface area contributed by atoms with E-state index in [-0.39, 0.29) is 0 Å². The fourth-order valence-corrected chi connectivity index (χ4v) is 0. The predicted molar refractivity (Wildman–Crippen MR) is 28.8 cm³/mol. The van der Waals surface area contributed by atoms with Gasteiger partial charge >= 0.3 is 0 Å². The van der Waals surface area contributed by atoms with Gasteiger partial charge < -0.3 is 0 Å². The molecule has 0 nitrogen and oxygen atoms in total. The molecule has 0 spiro atoms. The van der Waals surface area contributed by atoms with Crippen LogP contribution >= 0.6 is 0 Å². The van der Waals surface area contributed by atoms with Crippen LogP contribution in [0.5, 0.6) is 0 Å². The third-order valence-corrected chi connectivity index (χ3v) is 4.50. The van der Waals surface area contributed by atoms with Crippen LogP contribution in [0.1, 0.15) is 0 Å². The molecule has 0 bridgehead atoms. The zero-order valence-corrected chi connectivity index (χ0v) is 6.24. The molecule has 0 aromatic heterocycles. The van der Waals surface area contributed by atoms with E-state index < -0.39 is 0 Å². The molecule has 0 aromatic rings. The van der Waals surface area contributed by atoms with Gasteiger partial charge in [0.1, 0.15) is 0 Å². The Bertz CT molecular complexity index is 6.00. The van der Waals surface area contributed by atoms with Crippen molar-refractivity contribution in [2.45, 2.75) is 13.1 Å². The topological polar surface area (TPSA) is 0 Å². The van der Waals surface area contributed by atoms with Crippen molar-refractivity contribution >= 4 is 18.1 Å². The van der Waals surface area contributed by atoms with Crippen LogP contribution in [0, 0.1) is 0 Å². The van der Waals surface area contributed by atoms with Gasteiger partial charge in [-0.25, -0.2) is 0 Å². The lowest BCUT2D eigenvalue weighted by molar-refractivity contribution is 2.29. The normalized spacial score (nSPS) is 13.5. The van der Waals surface area contributed by atoms with Crippen molar-refractivity contribution in [3.05, 3.63) is 0 Å². The number of hydrogen-bond donors (Lipinski definition) is 0. The Balaban J connectivity index is 1.97. The van der Waals surface area contributed by atoms with Gasteiger partial charge in [-0.15, -0.1) is 0 Å². The summed E-state index contributed by atoms with van der Waals surface area (Å²) >= 11 is 0. The van der Waals surface area contributed by atoms with Gasteiger partial charge in [-0.3, -0.25) is 0 Å². The molecule has 0 N–H and O–H groups in total. The SMILES string of the molecule is C[SiH2][SiH2]C. The molecule has 0 amide bonds. The van der Waals surface area contributed by atoms with Crippen molar-refractivity contribution in [1.29, 1.82) is 0 Å². The van der Waals surface area contributed by atoms with Crippen LogP contribution in [-0.2, 0) is 0 Å². The first-order valence-corrected chi connectivity index (χ1v) is 8.74. The van der Waals surface area contributed by atoms with Gasteiger partial charge in [-0.2, -0.15) is 0 Å². The fourth-order valence-electron chi connectivity index (χ4n) is 0. The summed E-state index contributed by atoms with van der Waals surface area (Å²) in [5.74, 6) is 0. The van der Waals surface area contributed by atoms with Crippen molar-refractivity contribution < 1.29 is 0 Å². The molecule has 0 aliphatic carbocycles. The molecule has 0 saturated carbocycles. The molecule has 0 saturated heterocycles. The molecule has 0 fully saturated rings. The van der Waals surface area contributed by atoms with E-state index >= 15 is 0 Å². The summed E-state index contributed by atoms with van der Waals surface area (Å²) in [6, 6.07) is 0. The molecule has 26 valence electrons. The summed E-state index contributed by atoms with van der Waals surface area (Å²) in [7, 11) is 1.13. The lowest BCUT2D eigenvalue weighted by atomic mass is 11.9. The van der Waals surface area contributed by atoms with E-state index in [0.29, 0.717) is 18.1 Å².